The van der Waals surface area contributed by atoms with Crippen LogP contribution in [0.1, 0.15) is 58.3 Å². The summed E-state index contributed by atoms with van der Waals surface area (Å²) in [5.74, 6) is 0.944. The fourth-order valence-electron chi connectivity index (χ4n) is 7.08. The zero-order chi connectivity index (χ0) is 21.8. The zero-order valence-electron chi connectivity index (χ0n) is 18.0. The molecule has 5 aliphatic rings. The lowest BCUT2D eigenvalue weighted by Gasteiger charge is -2.56. The van der Waals surface area contributed by atoms with E-state index in [0.717, 1.165) is 25.7 Å². The number of carbonyl (C=O) groups excluding carboxylic acids is 3. The maximum Gasteiger partial charge on any atom is 0.247 e. The van der Waals surface area contributed by atoms with E-state index >= 15 is 0 Å². The summed E-state index contributed by atoms with van der Waals surface area (Å²) in [6, 6.07) is 3.51. The minimum absolute atomic E-state index is 0.0188. The SMILES string of the molecule is CC(=O)Nc1ccc(F)c(NC(=O)C2CCCN2C(=O)C23CC4CC(CC(C4)C2)C3)c1. The van der Waals surface area contributed by atoms with Crippen molar-refractivity contribution in [3.63, 3.8) is 0 Å². The molecular weight excluding hydrogens is 397 g/mol. The van der Waals surface area contributed by atoms with E-state index in [4.69, 9.17) is 0 Å². The highest BCUT2D eigenvalue weighted by Crippen LogP contribution is 2.60. The predicted molar refractivity (Wildman–Crippen MR) is 115 cm³/mol. The minimum Gasteiger partial charge on any atom is -0.330 e. The van der Waals surface area contributed by atoms with Crippen LogP contribution in [-0.4, -0.2) is 35.2 Å². The van der Waals surface area contributed by atoms with Gasteiger partial charge in [-0.3, -0.25) is 14.4 Å². The number of nitrogens with one attached hydrogen (secondary N) is 2. The van der Waals surface area contributed by atoms with E-state index in [2.05, 4.69) is 10.6 Å². The third kappa shape index (κ3) is 3.72. The molecule has 4 bridgehead atoms. The Morgan fingerprint density at radius 3 is 2.29 bits per heavy atom. The summed E-state index contributed by atoms with van der Waals surface area (Å²) in [5.41, 5.74) is 0.149. The first-order valence-corrected chi connectivity index (χ1v) is 11.5. The van der Waals surface area contributed by atoms with Crippen molar-refractivity contribution in [2.75, 3.05) is 17.2 Å². The van der Waals surface area contributed by atoms with Crippen molar-refractivity contribution in [1.82, 2.24) is 4.90 Å². The summed E-state index contributed by atoms with van der Waals surface area (Å²) in [6.45, 7) is 1.96. The van der Waals surface area contributed by atoms with Crippen molar-refractivity contribution in [1.29, 1.82) is 0 Å². The molecule has 3 amide bonds. The van der Waals surface area contributed by atoms with Gasteiger partial charge >= 0.3 is 0 Å². The number of benzene rings is 1. The van der Waals surface area contributed by atoms with Crippen LogP contribution in [0.25, 0.3) is 0 Å². The highest BCUT2D eigenvalue weighted by atomic mass is 19.1. The van der Waals surface area contributed by atoms with Crippen LogP contribution in [0.3, 0.4) is 0 Å². The van der Waals surface area contributed by atoms with E-state index in [1.54, 1.807) is 4.90 Å². The van der Waals surface area contributed by atoms with Gasteiger partial charge in [-0.05, 0) is 87.3 Å². The molecule has 1 saturated heterocycles. The van der Waals surface area contributed by atoms with E-state index in [0.29, 0.717) is 36.4 Å². The van der Waals surface area contributed by atoms with Crippen LogP contribution >= 0.6 is 0 Å². The summed E-state index contributed by atoms with van der Waals surface area (Å²) in [7, 11) is 0. The van der Waals surface area contributed by atoms with Gasteiger partial charge in [0.2, 0.25) is 17.7 Å². The van der Waals surface area contributed by atoms with Gasteiger partial charge in [0, 0.05) is 19.2 Å². The summed E-state index contributed by atoms with van der Waals surface area (Å²) in [4.78, 5) is 39.9. The molecular formula is C24H30FN3O3. The Morgan fingerprint density at radius 2 is 1.68 bits per heavy atom. The predicted octanol–water partition coefficient (Wildman–Crippen LogP) is 3.93. The van der Waals surface area contributed by atoms with Gasteiger partial charge < -0.3 is 15.5 Å². The Kier molecular flexibility index (Phi) is 5.02. The largest absolute Gasteiger partial charge is 0.330 e. The van der Waals surface area contributed by atoms with Gasteiger partial charge in [-0.15, -0.1) is 0 Å². The van der Waals surface area contributed by atoms with Gasteiger partial charge in [-0.25, -0.2) is 4.39 Å². The number of nitrogens with zero attached hydrogens (tertiary/aromatic N) is 1. The van der Waals surface area contributed by atoms with Gasteiger partial charge in [0.15, 0.2) is 0 Å². The normalized spacial score (nSPS) is 33.4. The molecule has 1 unspecified atom stereocenters. The zero-order valence-corrected chi connectivity index (χ0v) is 18.0. The number of likely N-dealkylation sites (tertiary alicyclic amines) is 1. The number of halogens is 1. The smallest absolute Gasteiger partial charge is 0.247 e. The van der Waals surface area contributed by atoms with Crippen LogP contribution in [-0.2, 0) is 14.4 Å². The molecule has 166 valence electrons. The first-order valence-electron chi connectivity index (χ1n) is 11.5. The van der Waals surface area contributed by atoms with Gasteiger partial charge in [0.25, 0.3) is 0 Å². The molecule has 2 N–H and O–H groups in total. The summed E-state index contributed by atoms with van der Waals surface area (Å²) < 4.78 is 14.3. The van der Waals surface area contributed by atoms with Gasteiger partial charge in [-0.2, -0.15) is 0 Å². The van der Waals surface area contributed by atoms with Crippen molar-refractivity contribution in [2.24, 2.45) is 23.2 Å². The number of carbonyl (C=O) groups is 3. The second kappa shape index (κ2) is 7.61. The summed E-state index contributed by atoms with van der Waals surface area (Å²) in [6.07, 6.45) is 8.07. The molecule has 4 saturated carbocycles. The Morgan fingerprint density at radius 1 is 1.03 bits per heavy atom. The molecule has 31 heavy (non-hydrogen) atoms. The highest BCUT2D eigenvalue weighted by Gasteiger charge is 2.56. The molecule has 6 rings (SSSR count). The van der Waals surface area contributed by atoms with Crippen LogP contribution in [0, 0.1) is 29.0 Å². The van der Waals surface area contributed by atoms with Gasteiger partial charge in [-0.1, -0.05) is 0 Å². The molecule has 1 atom stereocenters. The molecule has 7 heteroatoms. The number of hydrogen-bond donors (Lipinski definition) is 2. The van der Waals surface area contributed by atoms with Crippen molar-refractivity contribution in [3.05, 3.63) is 24.0 Å². The lowest BCUT2D eigenvalue weighted by atomic mass is 9.49. The average Bonchev–Trinajstić information content (AvgIpc) is 3.18. The molecule has 0 radical (unpaired) electrons. The summed E-state index contributed by atoms with van der Waals surface area (Å²) in [5, 5.41) is 5.26. The van der Waals surface area contributed by atoms with E-state index in [1.807, 2.05) is 0 Å². The number of rotatable bonds is 4. The van der Waals surface area contributed by atoms with Crippen LogP contribution in [0.2, 0.25) is 0 Å². The van der Waals surface area contributed by atoms with Crippen LogP contribution in [0.15, 0.2) is 18.2 Å². The van der Waals surface area contributed by atoms with Crippen molar-refractivity contribution in [2.45, 2.75) is 64.3 Å². The molecule has 0 aromatic heterocycles. The molecule has 1 aliphatic heterocycles. The Balaban J connectivity index is 1.32. The van der Waals surface area contributed by atoms with E-state index in [-0.39, 0.29) is 28.8 Å². The molecule has 5 fully saturated rings. The second-order valence-electron chi connectivity index (χ2n) is 10.2. The highest BCUT2D eigenvalue weighted by molar-refractivity contribution is 5.99. The molecule has 0 spiro atoms. The third-order valence-corrected chi connectivity index (χ3v) is 7.85. The monoisotopic (exact) mass is 427 g/mol. The van der Waals surface area contributed by atoms with Crippen molar-refractivity contribution >= 4 is 29.1 Å². The number of anilines is 2. The van der Waals surface area contributed by atoms with Gasteiger partial charge in [0.1, 0.15) is 11.9 Å². The number of amides is 3. The maximum absolute atomic E-state index is 14.3. The van der Waals surface area contributed by atoms with Crippen LogP contribution in [0.5, 0.6) is 0 Å². The summed E-state index contributed by atoms with van der Waals surface area (Å²) >= 11 is 0. The standard InChI is InChI=1S/C24H30FN3O3/c1-14(29)26-18-4-5-19(25)20(10-18)27-22(30)21-3-2-6-28(21)23(31)24-11-15-7-16(12-24)9-17(8-15)13-24/h4-5,10,15-17,21H,2-3,6-9,11-13H2,1H3,(H,26,29)(H,27,30). The molecule has 1 aromatic carbocycles. The lowest BCUT2D eigenvalue weighted by molar-refractivity contribution is -0.160. The fourth-order valence-corrected chi connectivity index (χ4v) is 7.08. The Hall–Kier alpha value is -2.44. The second-order valence-corrected chi connectivity index (χ2v) is 10.2. The third-order valence-electron chi connectivity index (χ3n) is 7.85. The van der Waals surface area contributed by atoms with E-state index < -0.39 is 11.9 Å². The number of hydrogen-bond acceptors (Lipinski definition) is 3. The first kappa shape index (κ1) is 20.5. The Labute approximate surface area is 181 Å². The van der Waals surface area contributed by atoms with Gasteiger partial charge in [0.05, 0.1) is 11.1 Å². The van der Waals surface area contributed by atoms with E-state index in [1.165, 1.54) is 44.4 Å². The molecule has 1 aromatic rings. The molecule has 4 aliphatic carbocycles. The average molecular weight is 428 g/mol. The van der Waals surface area contributed by atoms with E-state index in [9.17, 15) is 18.8 Å². The van der Waals surface area contributed by atoms with Crippen LogP contribution < -0.4 is 10.6 Å². The topological polar surface area (TPSA) is 78.5 Å². The minimum atomic E-state index is -0.570. The van der Waals surface area contributed by atoms with Crippen LogP contribution in [0.4, 0.5) is 15.8 Å². The van der Waals surface area contributed by atoms with Crippen molar-refractivity contribution < 1.29 is 18.8 Å². The molecule has 6 nitrogen and oxygen atoms in total. The van der Waals surface area contributed by atoms with Crippen molar-refractivity contribution in [3.8, 4) is 0 Å². The molecule has 1 heterocycles. The Bertz CT molecular complexity index is 895. The maximum atomic E-state index is 14.3. The quantitative estimate of drug-likeness (QED) is 0.764. The lowest BCUT2D eigenvalue weighted by Crippen LogP contribution is -2.56. The fraction of sp³-hybridized carbons (Fsp3) is 0.625. The first-order chi connectivity index (χ1) is 14.8.